The van der Waals surface area contributed by atoms with Crippen molar-refractivity contribution in [2.45, 2.75) is 33.1 Å². The predicted molar refractivity (Wildman–Crippen MR) is 108 cm³/mol. The number of carbonyl (C=O) groups excluding carboxylic acids is 1. The zero-order valence-electron chi connectivity index (χ0n) is 16.7. The summed E-state index contributed by atoms with van der Waals surface area (Å²) >= 11 is 5.34. The number of para-hydroxylation sites is 1. The van der Waals surface area contributed by atoms with Crippen LogP contribution in [-0.2, 0) is 9.53 Å². The van der Waals surface area contributed by atoms with Crippen LogP contribution in [0, 0.1) is 17.3 Å². The summed E-state index contributed by atoms with van der Waals surface area (Å²) in [5.74, 6) is -0.588. The van der Waals surface area contributed by atoms with Crippen LogP contribution in [0.4, 0.5) is 13.2 Å². The van der Waals surface area contributed by atoms with Gasteiger partial charge in [0.05, 0.1) is 5.92 Å². The molecule has 0 bridgehead atoms. The summed E-state index contributed by atoms with van der Waals surface area (Å²) in [7, 11) is 0. The summed E-state index contributed by atoms with van der Waals surface area (Å²) in [6.07, 6.45) is -4.30. The van der Waals surface area contributed by atoms with Gasteiger partial charge in [0, 0.05) is 0 Å². The smallest absolute Gasteiger partial charge is 0.426 e. The number of esters is 1. The van der Waals surface area contributed by atoms with E-state index in [4.69, 9.17) is 21.1 Å². The highest BCUT2D eigenvalue weighted by molar-refractivity contribution is 6.30. The first-order valence-electron chi connectivity index (χ1n) is 9.48. The fourth-order valence-electron chi connectivity index (χ4n) is 3.46. The molecule has 0 aliphatic heterocycles. The maximum absolute atomic E-state index is 12.7. The molecule has 1 saturated carbocycles. The second-order valence-electron chi connectivity index (χ2n) is 7.90. The Kier molecular flexibility index (Phi) is 6.18. The molecule has 3 atom stereocenters. The molecule has 0 amide bonds. The summed E-state index contributed by atoms with van der Waals surface area (Å²) in [6, 6.07) is 16.4. The maximum Gasteiger partial charge on any atom is 0.426 e. The van der Waals surface area contributed by atoms with Gasteiger partial charge in [-0.1, -0.05) is 61.9 Å². The molecule has 3 unspecified atom stereocenters. The lowest BCUT2D eigenvalue weighted by Gasteiger charge is -2.15. The van der Waals surface area contributed by atoms with Crippen molar-refractivity contribution in [2.24, 2.45) is 17.3 Å². The third kappa shape index (κ3) is 4.98. The number of ether oxygens (including phenoxy) is 2. The van der Waals surface area contributed by atoms with Gasteiger partial charge in [0.15, 0.2) is 0 Å². The monoisotopic (exact) mass is 438 g/mol. The zero-order valence-corrected chi connectivity index (χ0v) is 17.5. The van der Waals surface area contributed by atoms with Crippen molar-refractivity contribution in [1.82, 2.24) is 0 Å². The van der Waals surface area contributed by atoms with Crippen molar-refractivity contribution in [3.8, 4) is 11.5 Å². The second-order valence-corrected chi connectivity index (χ2v) is 8.31. The number of allylic oxidation sites excluding steroid dienone is 2. The van der Waals surface area contributed by atoms with E-state index in [2.05, 4.69) is 0 Å². The number of rotatable bonds is 6. The topological polar surface area (TPSA) is 35.5 Å². The molecule has 0 N–H and O–H groups in total. The molecule has 3 rings (SSSR count). The lowest BCUT2D eigenvalue weighted by atomic mass is 10.1. The first-order chi connectivity index (χ1) is 14.0. The van der Waals surface area contributed by atoms with Crippen molar-refractivity contribution in [1.29, 1.82) is 0 Å². The zero-order chi connectivity index (χ0) is 22.1. The van der Waals surface area contributed by atoms with Gasteiger partial charge in [-0.05, 0) is 48.1 Å². The first kappa shape index (κ1) is 22.2. The summed E-state index contributed by atoms with van der Waals surface area (Å²) in [4.78, 5) is 12.6. The highest BCUT2D eigenvalue weighted by Crippen LogP contribution is 2.60. The van der Waals surface area contributed by atoms with Crippen LogP contribution < -0.4 is 4.74 Å². The van der Waals surface area contributed by atoms with E-state index in [1.54, 1.807) is 45.0 Å². The number of alkyl halides is 3. The van der Waals surface area contributed by atoms with Crippen LogP contribution >= 0.6 is 11.6 Å². The van der Waals surface area contributed by atoms with Gasteiger partial charge in [0.25, 0.3) is 0 Å². The number of hydrogen-bond donors (Lipinski definition) is 0. The lowest BCUT2D eigenvalue weighted by molar-refractivity contribution is -0.151. The van der Waals surface area contributed by atoms with Crippen molar-refractivity contribution in [3.63, 3.8) is 0 Å². The Labute approximate surface area is 178 Å². The summed E-state index contributed by atoms with van der Waals surface area (Å²) < 4.78 is 49.5. The molecule has 160 valence electrons. The van der Waals surface area contributed by atoms with E-state index in [9.17, 15) is 18.0 Å². The molecule has 1 aliphatic carbocycles. The van der Waals surface area contributed by atoms with E-state index in [0.29, 0.717) is 11.5 Å². The van der Waals surface area contributed by atoms with Gasteiger partial charge >= 0.3 is 12.1 Å². The van der Waals surface area contributed by atoms with Crippen LogP contribution in [0.25, 0.3) is 0 Å². The minimum Gasteiger partial charge on any atom is -0.458 e. The fourth-order valence-corrected chi connectivity index (χ4v) is 3.60. The second kappa shape index (κ2) is 8.34. The van der Waals surface area contributed by atoms with Gasteiger partial charge in [-0.3, -0.25) is 4.79 Å². The fraction of sp³-hybridized carbons (Fsp3) is 0.348. The number of hydrogen-bond acceptors (Lipinski definition) is 3. The van der Waals surface area contributed by atoms with E-state index < -0.39 is 40.5 Å². The first-order valence-corrected chi connectivity index (χ1v) is 9.86. The summed E-state index contributed by atoms with van der Waals surface area (Å²) in [5, 5.41) is -1.21. The molecule has 1 fully saturated rings. The average Bonchev–Trinajstić information content (AvgIpc) is 3.22. The normalized spacial score (nSPS) is 21.6. The van der Waals surface area contributed by atoms with Crippen LogP contribution in [0.1, 0.15) is 32.4 Å². The Bertz CT molecular complexity index is 938. The van der Waals surface area contributed by atoms with E-state index >= 15 is 0 Å². The molecule has 2 aromatic rings. The highest BCUT2D eigenvalue weighted by atomic mass is 35.5. The van der Waals surface area contributed by atoms with Crippen LogP contribution in [-0.4, -0.2) is 12.1 Å². The molecule has 3 nitrogen and oxygen atoms in total. The van der Waals surface area contributed by atoms with Crippen LogP contribution in [0.5, 0.6) is 11.5 Å². The molecule has 0 saturated heterocycles. The van der Waals surface area contributed by atoms with Gasteiger partial charge < -0.3 is 9.47 Å². The van der Waals surface area contributed by atoms with Crippen molar-refractivity contribution in [2.75, 3.05) is 0 Å². The number of carbonyl (C=O) groups is 1. The standard InChI is InChI=1S/C23H22ClF3O3/c1-14(15-8-7-11-17(12-15)30-16-9-5-4-6-10-16)29-21(28)20-18(22(20,2)3)13-19(24)23(25,26)27/h4-14,18,20H,1-3H3/b19-13-. The van der Waals surface area contributed by atoms with Gasteiger partial charge in [-0.15, -0.1) is 0 Å². The summed E-state index contributed by atoms with van der Waals surface area (Å²) in [6.45, 7) is 5.15. The largest absolute Gasteiger partial charge is 0.458 e. The van der Waals surface area contributed by atoms with Crippen molar-refractivity contribution < 1.29 is 27.4 Å². The third-order valence-electron chi connectivity index (χ3n) is 5.36. The van der Waals surface area contributed by atoms with Crippen LogP contribution in [0.15, 0.2) is 65.7 Å². The molecular formula is C23H22ClF3O3. The number of benzene rings is 2. The Morgan fingerprint density at radius 1 is 1.10 bits per heavy atom. The highest BCUT2D eigenvalue weighted by Gasteiger charge is 2.62. The van der Waals surface area contributed by atoms with Crippen molar-refractivity contribution in [3.05, 3.63) is 71.3 Å². The van der Waals surface area contributed by atoms with Crippen LogP contribution in [0.2, 0.25) is 0 Å². The molecular weight excluding hydrogens is 417 g/mol. The Hall–Kier alpha value is -2.47. The maximum atomic E-state index is 12.7. The van der Waals surface area contributed by atoms with Crippen LogP contribution in [0.3, 0.4) is 0 Å². The lowest BCUT2D eigenvalue weighted by Crippen LogP contribution is -2.14. The Morgan fingerprint density at radius 2 is 1.73 bits per heavy atom. The minimum atomic E-state index is -4.62. The Morgan fingerprint density at radius 3 is 2.37 bits per heavy atom. The number of halogens is 4. The van der Waals surface area contributed by atoms with Crippen molar-refractivity contribution >= 4 is 17.6 Å². The van der Waals surface area contributed by atoms with E-state index in [1.807, 2.05) is 30.3 Å². The van der Waals surface area contributed by atoms with Gasteiger partial charge in [0.1, 0.15) is 22.6 Å². The molecule has 0 spiro atoms. The van der Waals surface area contributed by atoms with E-state index in [-0.39, 0.29) is 0 Å². The molecule has 30 heavy (non-hydrogen) atoms. The molecule has 7 heteroatoms. The quantitative estimate of drug-likeness (QED) is 0.454. The summed E-state index contributed by atoms with van der Waals surface area (Å²) in [5.41, 5.74) is 0.0659. The molecule has 1 aliphatic rings. The SMILES string of the molecule is CC(OC(=O)C1C(/C=C(\Cl)C(F)(F)F)C1(C)C)c1cccc(Oc2ccccc2)c1. The minimum absolute atomic E-state index is 0.547. The molecule has 0 aromatic heterocycles. The molecule has 0 heterocycles. The average molecular weight is 439 g/mol. The predicted octanol–water partition coefficient (Wildman–Crippen LogP) is 7.04. The van der Waals surface area contributed by atoms with Gasteiger partial charge in [0.2, 0.25) is 0 Å². The Balaban J connectivity index is 1.67. The molecule has 0 radical (unpaired) electrons. The third-order valence-corrected chi connectivity index (χ3v) is 5.70. The van der Waals surface area contributed by atoms with E-state index in [1.165, 1.54) is 0 Å². The van der Waals surface area contributed by atoms with Gasteiger partial charge in [-0.2, -0.15) is 13.2 Å². The van der Waals surface area contributed by atoms with E-state index in [0.717, 1.165) is 11.6 Å². The molecule has 2 aromatic carbocycles. The van der Waals surface area contributed by atoms with Gasteiger partial charge in [-0.25, -0.2) is 0 Å².